The molecule has 0 saturated carbocycles. The van der Waals surface area contributed by atoms with Crippen molar-refractivity contribution in [2.75, 3.05) is 20.3 Å². The standard InChI is InChI=1S/C16H24O8/c1-4-6-14(18)22-10-12(24-16(20)7-5-2)11-23-15(19)9-8-13(17)21-3/h8-9,12H,4-7,10-11H2,1-3H3/b9-8+/t12-/m0/s1. The van der Waals surface area contributed by atoms with E-state index in [1.165, 1.54) is 7.11 Å². The van der Waals surface area contributed by atoms with Crippen LogP contribution in [0.25, 0.3) is 0 Å². The van der Waals surface area contributed by atoms with Gasteiger partial charge in [-0.3, -0.25) is 9.59 Å². The van der Waals surface area contributed by atoms with Crippen molar-refractivity contribution in [2.45, 2.75) is 45.6 Å². The van der Waals surface area contributed by atoms with Gasteiger partial charge in [-0.05, 0) is 12.8 Å². The van der Waals surface area contributed by atoms with E-state index in [1.807, 2.05) is 13.8 Å². The number of hydrogen-bond donors (Lipinski definition) is 0. The average Bonchev–Trinajstić information content (AvgIpc) is 2.55. The van der Waals surface area contributed by atoms with Crippen LogP contribution in [0, 0.1) is 0 Å². The van der Waals surface area contributed by atoms with Gasteiger partial charge < -0.3 is 18.9 Å². The summed E-state index contributed by atoms with van der Waals surface area (Å²) in [6.07, 6.45) is 2.57. The summed E-state index contributed by atoms with van der Waals surface area (Å²) in [7, 11) is 1.17. The van der Waals surface area contributed by atoms with Gasteiger partial charge >= 0.3 is 23.9 Å². The van der Waals surface area contributed by atoms with Gasteiger partial charge in [-0.25, -0.2) is 9.59 Å². The van der Waals surface area contributed by atoms with Crippen molar-refractivity contribution >= 4 is 23.9 Å². The van der Waals surface area contributed by atoms with Gasteiger partial charge in [-0.15, -0.1) is 0 Å². The minimum Gasteiger partial charge on any atom is -0.466 e. The van der Waals surface area contributed by atoms with Crippen LogP contribution in [0.1, 0.15) is 39.5 Å². The Balaban J connectivity index is 4.49. The molecule has 0 aromatic rings. The van der Waals surface area contributed by atoms with Crippen molar-refractivity contribution < 1.29 is 38.1 Å². The highest BCUT2D eigenvalue weighted by molar-refractivity contribution is 5.91. The Morgan fingerprint density at radius 2 is 1.38 bits per heavy atom. The summed E-state index contributed by atoms with van der Waals surface area (Å²) in [6, 6.07) is 0. The molecule has 0 bridgehead atoms. The SMILES string of the molecule is CCCC(=O)OC[C@@H](COC(=O)/C=C/C(=O)OC)OC(=O)CCC. The first kappa shape index (κ1) is 21.6. The fourth-order valence-electron chi connectivity index (χ4n) is 1.45. The first-order valence-electron chi connectivity index (χ1n) is 7.70. The van der Waals surface area contributed by atoms with Gasteiger partial charge in [0.25, 0.3) is 0 Å². The molecule has 0 fully saturated rings. The van der Waals surface area contributed by atoms with E-state index in [2.05, 4.69) is 4.74 Å². The van der Waals surface area contributed by atoms with Crippen LogP contribution in [0.5, 0.6) is 0 Å². The van der Waals surface area contributed by atoms with Gasteiger partial charge in [0.2, 0.25) is 0 Å². The normalized spacial score (nSPS) is 11.6. The molecule has 0 amide bonds. The number of hydrogen-bond acceptors (Lipinski definition) is 8. The first-order chi connectivity index (χ1) is 11.4. The second-order valence-electron chi connectivity index (χ2n) is 4.78. The molecule has 1 atom stereocenters. The third kappa shape index (κ3) is 11.2. The zero-order chi connectivity index (χ0) is 18.4. The van der Waals surface area contributed by atoms with Crippen LogP contribution in [0.3, 0.4) is 0 Å². The second-order valence-corrected chi connectivity index (χ2v) is 4.78. The molecule has 0 aliphatic carbocycles. The Kier molecular flexibility index (Phi) is 11.8. The van der Waals surface area contributed by atoms with Crippen LogP contribution in [0.2, 0.25) is 0 Å². The second kappa shape index (κ2) is 13.1. The van der Waals surface area contributed by atoms with E-state index in [9.17, 15) is 19.2 Å². The van der Waals surface area contributed by atoms with Crippen molar-refractivity contribution in [1.82, 2.24) is 0 Å². The minimum atomic E-state index is -0.902. The minimum absolute atomic E-state index is 0.204. The highest BCUT2D eigenvalue weighted by atomic mass is 16.6. The molecule has 136 valence electrons. The summed E-state index contributed by atoms with van der Waals surface area (Å²) in [4.78, 5) is 45.2. The Morgan fingerprint density at radius 3 is 1.96 bits per heavy atom. The molecule has 0 spiro atoms. The third-order valence-electron chi connectivity index (χ3n) is 2.60. The topological polar surface area (TPSA) is 105 Å². The summed E-state index contributed by atoms with van der Waals surface area (Å²) in [5.41, 5.74) is 0. The van der Waals surface area contributed by atoms with E-state index in [1.54, 1.807) is 0 Å². The Labute approximate surface area is 141 Å². The van der Waals surface area contributed by atoms with Gasteiger partial charge in [-0.1, -0.05) is 13.8 Å². The highest BCUT2D eigenvalue weighted by Gasteiger charge is 2.18. The number of rotatable bonds is 11. The molecule has 0 rings (SSSR count). The van der Waals surface area contributed by atoms with E-state index in [-0.39, 0.29) is 26.1 Å². The predicted octanol–water partition coefficient (Wildman–Crippen LogP) is 1.31. The number of esters is 4. The molecule has 0 aliphatic rings. The largest absolute Gasteiger partial charge is 0.466 e. The summed E-state index contributed by atoms with van der Waals surface area (Å²) < 4.78 is 19.3. The number of carbonyl (C=O) groups excluding carboxylic acids is 4. The van der Waals surface area contributed by atoms with Gasteiger partial charge in [0.15, 0.2) is 6.10 Å². The summed E-state index contributed by atoms with van der Waals surface area (Å²) in [6.45, 7) is 3.14. The van der Waals surface area contributed by atoms with Gasteiger partial charge in [0.1, 0.15) is 13.2 Å². The van der Waals surface area contributed by atoms with E-state index in [0.29, 0.717) is 12.8 Å². The maximum Gasteiger partial charge on any atom is 0.331 e. The maximum atomic E-state index is 11.5. The quantitative estimate of drug-likeness (QED) is 0.314. The Morgan fingerprint density at radius 1 is 0.833 bits per heavy atom. The van der Waals surface area contributed by atoms with Gasteiger partial charge in [0, 0.05) is 25.0 Å². The van der Waals surface area contributed by atoms with Gasteiger partial charge in [-0.2, -0.15) is 0 Å². The van der Waals surface area contributed by atoms with Crippen LogP contribution < -0.4 is 0 Å². The molecule has 0 radical (unpaired) electrons. The van der Waals surface area contributed by atoms with Crippen LogP contribution in [-0.2, 0) is 38.1 Å². The molecule has 0 heterocycles. The number of carbonyl (C=O) groups is 4. The Bertz CT molecular complexity index is 455. The maximum absolute atomic E-state index is 11.5. The van der Waals surface area contributed by atoms with Crippen molar-refractivity contribution in [3.63, 3.8) is 0 Å². The third-order valence-corrected chi connectivity index (χ3v) is 2.60. The molecular weight excluding hydrogens is 320 g/mol. The molecule has 8 nitrogen and oxygen atoms in total. The summed E-state index contributed by atoms with van der Waals surface area (Å²) in [5.74, 6) is -2.41. The van der Waals surface area contributed by atoms with Crippen LogP contribution in [0.4, 0.5) is 0 Å². The van der Waals surface area contributed by atoms with Gasteiger partial charge in [0.05, 0.1) is 7.11 Å². The monoisotopic (exact) mass is 344 g/mol. The molecule has 0 unspecified atom stereocenters. The first-order valence-corrected chi connectivity index (χ1v) is 7.70. The molecule has 0 aromatic heterocycles. The lowest BCUT2D eigenvalue weighted by atomic mass is 10.3. The van der Waals surface area contributed by atoms with Crippen molar-refractivity contribution in [3.8, 4) is 0 Å². The van der Waals surface area contributed by atoms with Crippen LogP contribution >= 0.6 is 0 Å². The summed E-state index contributed by atoms with van der Waals surface area (Å²) in [5, 5.41) is 0. The Hall–Kier alpha value is -2.38. The number of methoxy groups -OCH3 is 1. The van der Waals surface area contributed by atoms with Crippen LogP contribution in [0.15, 0.2) is 12.2 Å². The molecule has 8 heteroatoms. The van der Waals surface area contributed by atoms with Crippen molar-refractivity contribution in [3.05, 3.63) is 12.2 Å². The van der Waals surface area contributed by atoms with Crippen molar-refractivity contribution in [1.29, 1.82) is 0 Å². The smallest absolute Gasteiger partial charge is 0.331 e. The zero-order valence-electron chi connectivity index (χ0n) is 14.2. The highest BCUT2D eigenvalue weighted by Crippen LogP contribution is 2.02. The molecular formula is C16H24O8. The molecule has 0 aliphatic heterocycles. The molecule has 24 heavy (non-hydrogen) atoms. The van der Waals surface area contributed by atoms with E-state index in [4.69, 9.17) is 14.2 Å². The van der Waals surface area contributed by atoms with Crippen molar-refractivity contribution in [2.24, 2.45) is 0 Å². The van der Waals surface area contributed by atoms with E-state index in [0.717, 1.165) is 12.2 Å². The van der Waals surface area contributed by atoms with E-state index < -0.39 is 30.0 Å². The van der Waals surface area contributed by atoms with E-state index >= 15 is 0 Å². The predicted molar refractivity (Wildman–Crippen MR) is 82.8 cm³/mol. The lowest BCUT2D eigenvalue weighted by molar-refractivity contribution is -0.165. The molecule has 0 aromatic carbocycles. The van der Waals surface area contributed by atoms with Crippen LogP contribution in [-0.4, -0.2) is 50.3 Å². The zero-order valence-corrected chi connectivity index (χ0v) is 14.2. The average molecular weight is 344 g/mol. The lowest BCUT2D eigenvalue weighted by Crippen LogP contribution is -2.30. The molecule has 0 N–H and O–H groups in total. The lowest BCUT2D eigenvalue weighted by Gasteiger charge is -2.17. The number of ether oxygens (including phenoxy) is 4. The fraction of sp³-hybridized carbons (Fsp3) is 0.625. The fourth-order valence-corrected chi connectivity index (χ4v) is 1.45. The molecule has 0 saturated heterocycles. The summed E-state index contributed by atoms with van der Waals surface area (Å²) >= 11 is 0.